The molecule has 0 fully saturated rings. The molecule has 114 valence electrons. The highest BCUT2D eigenvalue weighted by atomic mass is 79.9. The van der Waals surface area contributed by atoms with Crippen LogP contribution < -0.4 is 9.47 Å². The van der Waals surface area contributed by atoms with Gasteiger partial charge in [0.1, 0.15) is 11.5 Å². The monoisotopic (exact) mass is 416 g/mol. The van der Waals surface area contributed by atoms with E-state index in [2.05, 4.69) is 31.9 Å². The summed E-state index contributed by atoms with van der Waals surface area (Å²) >= 11 is 7.29. The Bertz CT molecular complexity index is 608. The van der Waals surface area contributed by atoms with E-state index in [1.807, 2.05) is 45.0 Å². The Morgan fingerprint density at radius 2 is 1.71 bits per heavy atom. The summed E-state index contributed by atoms with van der Waals surface area (Å²) in [5.41, 5.74) is 1.04. The molecule has 0 radical (unpaired) electrons. The van der Waals surface area contributed by atoms with Gasteiger partial charge in [0.25, 0.3) is 0 Å². The van der Waals surface area contributed by atoms with Gasteiger partial charge in [0.05, 0.1) is 18.0 Å². The minimum atomic E-state index is -0.0459. The van der Waals surface area contributed by atoms with Crippen LogP contribution >= 0.6 is 31.9 Å². The van der Waals surface area contributed by atoms with Crippen molar-refractivity contribution in [2.75, 3.05) is 13.2 Å². The molecule has 0 spiro atoms. The lowest BCUT2D eigenvalue weighted by Crippen LogP contribution is -2.01. The first-order valence-electron chi connectivity index (χ1n) is 6.86. The number of furan rings is 1. The lowest BCUT2D eigenvalue weighted by Gasteiger charge is -2.16. The first kappa shape index (κ1) is 16.4. The van der Waals surface area contributed by atoms with Gasteiger partial charge in [-0.1, -0.05) is 31.9 Å². The van der Waals surface area contributed by atoms with Gasteiger partial charge in [0, 0.05) is 4.47 Å². The number of halogens is 2. The summed E-state index contributed by atoms with van der Waals surface area (Å²) in [6.07, 6.45) is 0. The lowest BCUT2D eigenvalue weighted by atomic mass is 10.1. The van der Waals surface area contributed by atoms with E-state index < -0.39 is 0 Å². The molecule has 0 N–H and O–H groups in total. The molecule has 0 aliphatic rings. The first-order valence-corrected chi connectivity index (χ1v) is 8.57. The van der Waals surface area contributed by atoms with Gasteiger partial charge >= 0.3 is 0 Å². The molecule has 1 heterocycles. The highest BCUT2D eigenvalue weighted by Crippen LogP contribution is 2.42. The van der Waals surface area contributed by atoms with Crippen LogP contribution in [-0.2, 0) is 0 Å². The van der Waals surface area contributed by atoms with Crippen LogP contribution in [0.1, 0.15) is 35.8 Å². The molecule has 1 atom stereocenters. The van der Waals surface area contributed by atoms with E-state index in [0.29, 0.717) is 13.2 Å². The van der Waals surface area contributed by atoms with Crippen molar-refractivity contribution in [2.24, 2.45) is 0 Å². The van der Waals surface area contributed by atoms with Crippen molar-refractivity contribution < 1.29 is 13.9 Å². The summed E-state index contributed by atoms with van der Waals surface area (Å²) in [6, 6.07) is 7.84. The quantitative estimate of drug-likeness (QED) is 0.570. The van der Waals surface area contributed by atoms with E-state index in [0.717, 1.165) is 33.1 Å². The van der Waals surface area contributed by atoms with Crippen molar-refractivity contribution >= 4 is 31.9 Å². The molecule has 0 aliphatic carbocycles. The van der Waals surface area contributed by atoms with Gasteiger partial charge in [-0.3, -0.25) is 0 Å². The van der Waals surface area contributed by atoms with Gasteiger partial charge in [0.2, 0.25) is 0 Å². The summed E-state index contributed by atoms with van der Waals surface area (Å²) in [5, 5.41) is 0. The molecule has 3 nitrogen and oxygen atoms in total. The Morgan fingerprint density at radius 1 is 1.10 bits per heavy atom. The molecule has 1 aromatic carbocycles. The van der Waals surface area contributed by atoms with Crippen molar-refractivity contribution in [1.82, 2.24) is 0 Å². The maximum Gasteiger partial charge on any atom is 0.162 e. The summed E-state index contributed by atoms with van der Waals surface area (Å²) < 4.78 is 17.9. The number of benzene rings is 1. The predicted octanol–water partition coefficient (Wildman–Crippen LogP) is 5.63. The van der Waals surface area contributed by atoms with E-state index >= 15 is 0 Å². The second-order valence-electron chi connectivity index (χ2n) is 4.50. The molecule has 2 rings (SSSR count). The summed E-state index contributed by atoms with van der Waals surface area (Å²) in [7, 11) is 0. The maximum absolute atomic E-state index is 5.69. The Hall–Kier alpha value is -0.940. The fourth-order valence-corrected chi connectivity index (χ4v) is 3.51. The third-order valence-corrected chi connectivity index (χ3v) is 4.58. The zero-order valence-electron chi connectivity index (χ0n) is 12.3. The molecule has 21 heavy (non-hydrogen) atoms. The topological polar surface area (TPSA) is 31.6 Å². The molecule has 5 heteroatoms. The molecule has 1 aromatic heterocycles. The summed E-state index contributed by atoms with van der Waals surface area (Å²) in [4.78, 5) is -0.0459. The number of aryl methyl sites for hydroxylation is 1. The Kier molecular flexibility index (Phi) is 5.76. The van der Waals surface area contributed by atoms with Crippen molar-refractivity contribution in [2.45, 2.75) is 25.6 Å². The molecule has 1 unspecified atom stereocenters. The van der Waals surface area contributed by atoms with E-state index in [4.69, 9.17) is 13.9 Å². The maximum atomic E-state index is 5.69. The average Bonchev–Trinajstić information content (AvgIpc) is 2.88. The zero-order valence-corrected chi connectivity index (χ0v) is 15.5. The van der Waals surface area contributed by atoms with Crippen LogP contribution in [-0.4, -0.2) is 13.2 Å². The predicted molar refractivity (Wildman–Crippen MR) is 90.7 cm³/mol. The van der Waals surface area contributed by atoms with Crippen LogP contribution in [0.5, 0.6) is 11.5 Å². The van der Waals surface area contributed by atoms with Gasteiger partial charge in [-0.2, -0.15) is 0 Å². The summed E-state index contributed by atoms with van der Waals surface area (Å²) in [6.45, 7) is 7.03. The molecule has 2 aromatic rings. The van der Waals surface area contributed by atoms with Crippen LogP contribution in [0.25, 0.3) is 0 Å². The number of hydrogen-bond donors (Lipinski definition) is 0. The van der Waals surface area contributed by atoms with Gasteiger partial charge in [0.15, 0.2) is 11.5 Å². The third-order valence-electron chi connectivity index (χ3n) is 2.95. The van der Waals surface area contributed by atoms with E-state index in [-0.39, 0.29) is 4.83 Å². The van der Waals surface area contributed by atoms with Crippen molar-refractivity contribution in [1.29, 1.82) is 0 Å². The van der Waals surface area contributed by atoms with E-state index in [9.17, 15) is 0 Å². The van der Waals surface area contributed by atoms with Crippen LogP contribution in [0.15, 0.2) is 33.2 Å². The number of hydrogen-bond acceptors (Lipinski definition) is 3. The molecular formula is C16H18Br2O3. The SMILES string of the molecule is CCOc1cc(Br)c(C(Br)c2ccc(C)o2)cc1OCC. The number of rotatable bonds is 6. The molecule has 0 aliphatic heterocycles. The highest BCUT2D eigenvalue weighted by Gasteiger charge is 2.20. The van der Waals surface area contributed by atoms with Gasteiger partial charge < -0.3 is 13.9 Å². The molecular weight excluding hydrogens is 400 g/mol. The minimum absolute atomic E-state index is 0.0459. The second kappa shape index (κ2) is 7.36. The standard InChI is InChI=1S/C16H18Br2O3/c1-4-19-14-8-11(12(17)9-15(14)20-5-2)16(18)13-7-6-10(3)21-13/h6-9,16H,4-5H2,1-3H3. The van der Waals surface area contributed by atoms with Crippen LogP contribution in [0.4, 0.5) is 0 Å². The molecule has 0 amide bonds. The molecule has 0 bridgehead atoms. The van der Waals surface area contributed by atoms with Gasteiger partial charge in [-0.05, 0) is 50.6 Å². The summed E-state index contributed by atoms with van der Waals surface area (Å²) in [5.74, 6) is 3.23. The third kappa shape index (κ3) is 3.83. The largest absolute Gasteiger partial charge is 0.490 e. The Morgan fingerprint density at radius 3 is 2.24 bits per heavy atom. The molecule has 0 saturated heterocycles. The van der Waals surface area contributed by atoms with Crippen LogP contribution in [0, 0.1) is 6.92 Å². The number of ether oxygens (including phenoxy) is 2. The minimum Gasteiger partial charge on any atom is -0.490 e. The fraction of sp³-hybridized carbons (Fsp3) is 0.375. The highest BCUT2D eigenvalue weighted by molar-refractivity contribution is 9.11. The molecule has 0 saturated carbocycles. The first-order chi connectivity index (χ1) is 10.1. The Labute approximate surface area is 141 Å². The normalized spacial score (nSPS) is 12.2. The van der Waals surface area contributed by atoms with Crippen molar-refractivity contribution in [3.05, 3.63) is 45.8 Å². The average molecular weight is 418 g/mol. The van der Waals surface area contributed by atoms with Crippen LogP contribution in [0.2, 0.25) is 0 Å². The Balaban J connectivity index is 2.40. The smallest absolute Gasteiger partial charge is 0.162 e. The van der Waals surface area contributed by atoms with Gasteiger partial charge in [-0.25, -0.2) is 0 Å². The zero-order chi connectivity index (χ0) is 15.4. The second-order valence-corrected chi connectivity index (χ2v) is 6.27. The van der Waals surface area contributed by atoms with Crippen molar-refractivity contribution in [3.8, 4) is 11.5 Å². The van der Waals surface area contributed by atoms with Crippen LogP contribution in [0.3, 0.4) is 0 Å². The van der Waals surface area contributed by atoms with Gasteiger partial charge in [-0.15, -0.1) is 0 Å². The van der Waals surface area contributed by atoms with E-state index in [1.165, 1.54) is 0 Å². The fourth-order valence-electron chi connectivity index (χ4n) is 2.02. The lowest BCUT2D eigenvalue weighted by molar-refractivity contribution is 0.287. The van der Waals surface area contributed by atoms with Crippen molar-refractivity contribution in [3.63, 3.8) is 0 Å². The van der Waals surface area contributed by atoms with E-state index in [1.54, 1.807) is 0 Å². The number of alkyl halides is 1.